The number of benzene rings is 5. The van der Waals surface area contributed by atoms with Gasteiger partial charge in [0.25, 0.3) is 10.2 Å². The first kappa shape index (κ1) is 54.8. The molecule has 1 N–H and O–H groups in total. The Morgan fingerprint density at radius 2 is 1.53 bits per heavy atom. The van der Waals surface area contributed by atoms with Crippen LogP contribution >= 0.6 is 0 Å². The van der Waals surface area contributed by atoms with Crippen LogP contribution in [0.2, 0.25) is 0 Å². The summed E-state index contributed by atoms with van der Waals surface area (Å²) in [6, 6.07) is 38.3. The van der Waals surface area contributed by atoms with E-state index < -0.39 is 22.1 Å². The molecule has 1 aliphatic heterocycles. The van der Waals surface area contributed by atoms with Crippen LogP contribution in [0.1, 0.15) is 75.0 Å². The molecule has 17 heteroatoms. The van der Waals surface area contributed by atoms with Crippen LogP contribution < -0.4 is 14.4 Å². The number of aliphatic hydroxyl groups is 1. The molecule has 0 aliphatic carbocycles. The number of anilines is 1. The maximum atomic E-state index is 13.9. The summed E-state index contributed by atoms with van der Waals surface area (Å²) in [6.07, 6.45) is 0.753. The van der Waals surface area contributed by atoms with Gasteiger partial charge >= 0.3 is 6.09 Å². The molecular formula is C58H73N7O9S. The van der Waals surface area contributed by atoms with E-state index in [-0.39, 0.29) is 19.3 Å². The second-order valence-corrected chi connectivity index (χ2v) is 22.1. The lowest BCUT2D eigenvalue weighted by Gasteiger charge is -2.36. The van der Waals surface area contributed by atoms with Gasteiger partial charge in [0, 0.05) is 108 Å². The van der Waals surface area contributed by atoms with Crippen LogP contribution in [0.3, 0.4) is 0 Å². The van der Waals surface area contributed by atoms with E-state index in [9.17, 15) is 18.3 Å². The summed E-state index contributed by atoms with van der Waals surface area (Å²) >= 11 is 0. The molecule has 7 aromatic rings. The third-order valence-corrected chi connectivity index (χ3v) is 15.4. The summed E-state index contributed by atoms with van der Waals surface area (Å²) in [5, 5.41) is 19.2. The first-order chi connectivity index (χ1) is 36.1. The van der Waals surface area contributed by atoms with Crippen molar-refractivity contribution >= 4 is 43.7 Å². The van der Waals surface area contributed by atoms with Gasteiger partial charge in [0.05, 0.1) is 30.1 Å². The smallest absolute Gasteiger partial charge is 0.410 e. The first-order valence-electron chi connectivity index (χ1n) is 25.8. The van der Waals surface area contributed by atoms with Gasteiger partial charge in [-0.2, -0.15) is 22.1 Å². The average molecular weight is 1040 g/mol. The van der Waals surface area contributed by atoms with Crippen LogP contribution in [0.5, 0.6) is 11.5 Å². The van der Waals surface area contributed by atoms with Gasteiger partial charge in [-0.3, -0.25) is 4.68 Å². The quantitative estimate of drug-likeness (QED) is 0.0482. The van der Waals surface area contributed by atoms with E-state index in [0.717, 1.165) is 61.1 Å². The van der Waals surface area contributed by atoms with Crippen LogP contribution in [0.4, 0.5) is 10.5 Å². The fourth-order valence-electron chi connectivity index (χ4n) is 9.94. The van der Waals surface area contributed by atoms with Crippen molar-refractivity contribution in [2.45, 2.75) is 85.2 Å². The van der Waals surface area contributed by atoms with Crippen molar-refractivity contribution in [2.75, 3.05) is 72.0 Å². The number of nitrogens with zero attached hydrogens (tertiary/aromatic N) is 7. The van der Waals surface area contributed by atoms with Crippen molar-refractivity contribution in [3.05, 3.63) is 143 Å². The zero-order valence-corrected chi connectivity index (χ0v) is 45.5. The van der Waals surface area contributed by atoms with Gasteiger partial charge in [-0.1, -0.05) is 84.9 Å². The fraction of sp³-hybridized carbons (Fsp3) is 0.414. The number of piperazine rings is 1. The van der Waals surface area contributed by atoms with E-state index >= 15 is 0 Å². The Kier molecular flexibility index (Phi) is 17.9. The van der Waals surface area contributed by atoms with Crippen molar-refractivity contribution in [1.82, 2.24) is 27.9 Å². The summed E-state index contributed by atoms with van der Waals surface area (Å²) in [5.74, 6) is 1.47. The maximum absolute atomic E-state index is 13.9. The Balaban J connectivity index is 1.15. The molecular weight excluding hydrogens is 971 g/mol. The summed E-state index contributed by atoms with van der Waals surface area (Å²) < 4.78 is 63.8. The van der Waals surface area contributed by atoms with Gasteiger partial charge in [0.15, 0.2) is 6.29 Å². The minimum Gasteiger partial charge on any atom is -0.493 e. The first-order valence-corrected chi connectivity index (χ1v) is 27.2. The van der Waals surface area contributed by atoms with Crippen LogP contribution in [0.25, 0.3) is 32.8 Å². The van der Waals surface area contributed by atoms with Gasteiger partial charge in [0.1, 0.15) is 29.4 Å². The van der Waals surface area contributed by atoms with E-state index in [0.29, 0.717) is 95.4 Å². The molecule has 1 saturated heterocycles. The number of carbonyl (C=O) groups excluding carboxylic acids is 1. The highest BCUT2D eigenvalue weighted by Crippen LogP contribution is 2.41. The number of methoxy groups -OCH3 is 1. The highest BCUT2D eigenvalue weighted by molar-refractivity contribution is 7.86. The number of carbonyl (C=O) groups is 1. The van der Waals surface area contributed by atoms with Crippen LogP contribution in [-0.4, -0.2) is 120 Å². The maximum Gasteiger partial charge on any atom is 0.410 e. The zero-order valence-electron chi connectivity index (χ0n) is 44.7. The molecule has 16 nitrogen and oxygen atoms in total. The predicted octanol–water partition coefficient (Wildman–Crippen LogP) is 9.72. The lowest BCUT2D eigenvalue weighted by atomic mass is 9.98. The SMILES string of the molecule is CCOC(OC)c1c(CCCOc2cccc3ccccc23)c2cccc(-c3c(COc4ccc(N5CCN(S(=O)(=O)N(C)C)CC5)cc4)nn(C)c3CO)c2n1CCCN(Cc1ccccc1)C(=O)OC(C)(C)C. The highest BCUT2D eigenvalue weighted by Gasteiger charge is 2.31. The molecule has 2 aromatic heterocycles. The molecule has 0 bridgehead atoms. The summed E-state index contributed by atoms with van der Waals surface area (Å²) in [4.78, 5) is 17.8. The number of hydrogen-bond acceptors (Lipinski definition) is 11. The monoisotopic (exact) mass is 1040 g/mol. The molecule has 1 fully saturated rings. The molecule has 400 valence electrons. The lowest BCUT2D eigenvalue weighted by molar-refractivity contribution is -0.128. The molecule has 0 spiro atoms. The number of aromatic nitrogens is 3. The summed E-state index contributed by atoms with van der Waals surface area (Å²) in [5.41, 5.74) is 6.99. The van der Waals surface area contributed by atoms with Gasteiger partial charge < -0.3 is 43.2 Å². The van der Waals surface area contributed by atoms with Gasteiger partial charge in [-0.05, 0) is 93.8 Å². The minimum absolute atomic E-state index is 0.107. The molecule has 1 aliphatic rings. The van der Waals surface area contributed by atoms with E-state index in [1.54, 1.807) is 30.8 Å². The third-order valence-electron chi connectivity index (χ3n) is 13.5. The lowest BCUT2D eigenvalue weighted by Crippen LogP contribution is -2.51. The van der Waals surface area contributed by atoms with Gasteiger partial charge in [-0.15, -0.1) is 0 Å². The van der Waals surface area contributed by atoms with Crippen LogP contribution in [0.15, 0.2) is 115 Å². The highest BCUT2D eigenvalue weighted by atomic mass is 32.2. The molecule has 8 rings (SSSR count). The number of rotatable bonds is 23. The fourth-order valence-corrected chi connectivity index (χ4v) is 11.0. The molecule has 3 heterocycles. The van der Waals surface area contributed by atoms with Crippen molar-refractivity contribution in [3.63, 3.8) is 0 Å². The molecule has 75 heavy (non-hydrogen) atoms. The van der Waals surface area contributed by atoms with E-state index in [1.165, 1.54) is 8.61 Å². The number of amides is 1. The van der Waals surface area contributed by atoms with Crippen molar-refractivity contribution < 1.29 is 42.0 Å². The Labute approximate surface area is 442 Å². The number of ether oxygens (including phenoxy) is 5. The van der Waals surface area contributed by atoms with Gasteiger partial charge in [-0.25, -0.2) is 4.79 Å². The predicted molar refractivity (Wildman–Crippen MR) is 294 cm³/mol. The number of aliphatic hydroxyl groups excluding tert-OH is 1. The van der Waals surface area contributed by atoms with Crippen molar-refractivity contribution in [1.29, 1.82) is 0 Å². The Morgan fingerprint density at radius 1 is 0.840 bits per heavy atom. The second kappa shape index (κ2) is 24.5. The zero-order chi connectivity index (χ0) is 53.3. The Bertz CT molecular complexity index is 3120. The molecule has 0 radical (unpaired) electrons. The minimum atomic E-state index is -3.48. The Hall–Kier alpha value is -6.47. The van der Waals surface area contributed by atoms with Crippen LogP contribution in [0, 0.1) is 0 Å². The average Bonchev–Trinajstić information content (AvgIpc) is 3.91. The molecule has 1 amide bonds. The molecule has 1 atom stereocenters. The standard InChI is InChI=1S/C58H73N7O9S/c1-9-71-56(70-8)55-48(26-17-38-72-52-27-15-22-43-21-13-14-23-46(43)52)47-24-16-25-49(54(47)65(55)33-18-32-63(57(67)74-58(2,3)4)39-42-19-11-10-12-20-42)53-50(59-61(7)51(53)40-66)41-73-45-30-28-44(29-31-45)62-34-36-64(37-35-62)75(68,69)60(5)6/h10-16,19-25,27-31,56,66H,9,17-18,26,32-41H2,1-8H3. The summed E-state index contributed by atoms with van der Waals surface area (Å²) in [7, 11) is 3.12. The molecule has 5 aromatic carbocycles. The molecule has 0 saturated carbocycles. The largest absolute Gasteiger partial charge is 0.493 e. The second-order valence-electron chi connectivity index (χ2n) is 19.9. The number of fused-ring (bicyclic) bond motifs is 2. The van der Waals surface area contributed by atoms with E-state index in [4.69, 9.17) is 28.8 Å². The van der Waals surface area contributed by atoms with Crippen molar-refractivity contribution in [3.8, 4) is 22.6 Å². The number of aryl methyl sites for hydroxylation is 3. The third kappa shape index (κ3) is 12.8. The number of para-hydroxylation sites is 1. The summed E-state index contributed by atoms with van der Waals surface area (Å²) in [6.45, 7) is 11.5. The van der Waals surface area contributed by atoms with E-state index in [1.807, 2.05) is 120 Å². The Morgan fingerprint density at radius 3 is 2.23 bits per heavy atom. The normalized spacial score (nSPS) is 14.0. The topological polar surface area (TPSA) is 153 Å². The van der Waals surface area contributed by atoms with Crippen molar-refractivity contribution in [2.24, 2.45) is 7.05 Å². The molecule has 1 unspecified atom stereocenters. The van der Waals surface area contributed by atoms with Crippen LogP contribution in [-0.2, 0) is 64.2 Å². The van der Waals surface area contributed by atoms with Gasteiger partial charge in [0.2, 0.25) is 0 Å². The van der Waals surface area contributed by atoms with E-state index in [2.05, 4.69) is 39.8 Å². The number of hydrogen-bond donors (Lipinski definition) is 1.